The van der Waals surface area contributed by atoms with Gasteiger partial charge in [-0.2, -0.15) is 11.8 Å². The van der Waals surface area contributed by atoms with Crippen molar-refractivity contribution in [3.05, 3.63) is 33.8 Å². The zero-order valence-corrected chi connectivity index (χ0v) is 13.5. The summed E-state index contributed by atoms with van der Waals surface area (Å²) >= 11 is 14.2. The van der Waals surface area contributed by atoms with Gasteiger partial charge in [-0.3, -0.25) is 0 Å². The van der Waals surface area contributed by atoms with Gasteiger partial charge in [0.25, 0.3) is 0 Å². The van der Waals surface area contributed by atoms with Crippen molar-refractivity contribution in [2.45, 2.75) is 31.0 Å². The molecule has 0 bridgehead atoms. The van der Waals surface area contributed by atoms with E-state index in [0.29, 0.717) is 10.0 Å². The van der Waals surface area contributed by atoms with Crippen molar-refractivity contribution in [3.63, 3.8) is 0 Å². The van der Waals surface area contributed by atoms with Gasteiger partial charge in [0.2, 0.25) is 0 Å². The molecule has 2 heterocycles. The average molecular weight is 333 g/mol. The van der Waals surface area contributed by atoms with Gasteiger partial charge in [0.05, 0.1) is 11.7 Å². The molecule has 1 aromatic rings. The molecule has 1 spiro atoms. The number of hydrogen-bond donors (Lipinski definition) is 1. The third-order valence-electron chi connectivity index (χ3n) is 4.32. The monoisotopic (exact) mass is 332 g/mol. The van der Waals surface area contributed by atoms with E-state index in [9.17, 15) is 5.11 Å². The van der Waals surface area contributed by atoms with Crippen LogP contribution in [0.1, 0.15) is 30.9 Å². The van der Waals surface area contributed by atoms with Crippen molar-refractivity contribution in [2.75, 3.05) is 18.1 Å². The first-order valence-corrected chi connectivity index (χ1v) is 8.85. The molecule has 3 unspecified atom stereocenters. The molecule has 0 aromatic heterocycles. The fourth-order valence-electron chi connectivity index (χ4n) is 3.19. The number of rotatable bonds is 2. The molecule has 0 saturated carbocycles. The first-order chi connectivity index (χ1) is 9.60. The first kappa shape index (κ1) is 15.0. The first-order valence-electron chi connectivity index (χ1n) is 6.94. The lowest BCUT2D eigenvalue weighted by Crippen LogP contribution is -2.41. The van der Waals surface area contributed by atoms with Gasteiger partial charge in [0.1, 0.15) is 0 Å². The van der Waals surface area contributed by atoms with E-state index < -0.39 is 6.10 Å². The Morgan fingerprint density at radius 1 is 1.40 bits per heavy atom. The molecule has 2 saturated heterocycles. The minimum atomic E-state index is -0.562. The van der Waals surface area contributed by atoms with Crippen LogP contribution in [0.15, 0.2) is 18.2 Å². The molecule has 2 nitrogen and oxygen atoms in total. The summed E-state index contributed by atoms with van der Waals surface area (Å²) in [6.45, 7) is 0.723. The Hall–Kier alpha value is 0.0700. The van der Waals surface area contributed by atoms with Gasteiger partial charge >= 0.3 is 0 Å². The van der Waals surface area contributed by atoms with Gasteiger partial charge in [-0.1, -0.05) is 23.2 Å². The Morgan fingerprint density at radius 3 is 3.00 bits per heavy atom. The molecule has 20 heavy (non-hydrogen) atoms. The zero-order valence-electron chi connectivity index (χ0n) is 11.1. The molecule has 2 aliphatic heterocycles. The quantitative estimate of drug-likeness (QED) is 0.874. The van der Waals surface area contributed by atoms with Crippen LogP contribution in [0.4, 0.5) is 0 Å². The van der Waals surface area contributed by atoms with Gasteiger partial charge in [-0.15, -0.1) is 0 Å². The van der Waals surface area contributed by atoms with Crippen molar-refractivity contribution >= 4 is 35.0 Å². The van der Waals surface area contributed by atoms with Gasteiger partial charge in [0.15, 0.2) is 0 Å². The van der Waals surface area contributed by atoms with Gasteiger partial charge < -0.3 is 9.84 Å². The summed E-state index contributed by atoms with van der Waals surface area (Å²) in [7, 11) is 0. The number of hydrogen-bond acceptors (Lipinski definition) is 3. The number of ether oxygens (including phenoxy) is 1. The number of thioether (sulfide) groups is 1. The number of aliphatic hydroxyl groups is 1. The van der Waals surface area contributed by atoms with Gasteiger partial charge in [0, 0.05) is 28.0 Å². The highest BCUT2D eigenvalue weighted by molar-refractivity contribution is 7.99. The molecule has 110 valence electrons. The minimum absolute atomic E-state index is 0.0282. The molecule has 5 heteroatoms. The molecule has 1 N–H and O–H groups in total. The highest BCUT2D eigenvalue weighted by Crippen LogP contribution is 2.45. The van der Waals surface area contributed by atoms with E-state index in [-0.39, 0.29) is 11.5 Å². The maximum atomic E-state index is 10.7. The second-order valence-corrected chi connectivity index (χ2v) is 7.65. The van der Waals surface area contributed by atoms with E-state index in [0.717, 1.165) is 42.9 Å². The zero-order chi connectivity index (χ0) is 14.2. The van der Waals surface area contributed by atoms with Crippen molar-refractivity contribution in [1.82, 2.24) is 0 Å². The summed E-state index contributed by atoms with van der Waals surface area (Å²) in [6, 6.07) is 5.28. The Kier molecular flexibility index (Phi) is 4.54. The molecule has 0 amide bonds. The molecule has 3 rings (SSSR count). The van der Waals surface area contributed by atoms with Crippen molar-refractivity contribution in [2.24, 2.45) is 5.92 Å². The highest BCUT2D eigenvalue weighted by atomic mass is 35.5. The number of benzene rings is 1. The smallest absolute Gasteiger partial charge is 0.0835 e. The fraction of sp³-hybridized carbons (Fsp3) is 0.600. The highest BCUT2D eigenvalue weighted by Gasteiger charge is 2.42. The van der Waals surface area contributed by atoms with E-state index >= 15 is 0 Å². The Balaban J connectivity index is 1.79. The van der Waals surface area contributed by atoms with E-state index in [1.807, 2.05) is 11.8 Å². The summed E-state index contributed by atoms with van der Waals surface area (Å²) in [5.41, 5.74) is 0.714. The molecule has 2 fully saturated rings. The molecular weight excluding hydrogens is 315 g/mol. The van der Waals surface area contributed by atoms with Crippen LogP contribution in [-0.2, 0) is 4.74 Å². The fourth-order valence-corrected chi connectivity index (χ4v) is 4.98. The molecule has 0 aliphatic carbocycles. The Morgan fingerprint density at radius 2 is 2.25 bits per heavy atom. The van der Waals surface area contributed by atoms with E-state index in [2.05, 4.69) is 0 Å². The van der Waals surface area contributed by atoms with Crippen LogP contribution in [0.3, 0.4) is 0 Å². The maximum Gasteiger partial charge on any atom is 0.0835 e. The van der Waals surface area contributed by atoms with Crippen molar-refractivity contribution < 1.29 is 9.84 Å². The lowest BCUT2D eigenvalue weighted by Gasteiger charge is -2.39. The number of halogens is 2. The SMILES string of the molecule is OC(c1cc(Cl)ccc1Cl)C1CCOC2(CCSC2)C1. The van der Waals surface area contributed by atoms with E-state index in [1.165, 1.54) is 0 Å². The van der Waals surface area contributed by atoms with Gasteiger partial charge in [-0.05, 0) is 49.1 Å². The lowest BCUT2D eigenvalue weighted by molar-refractivity contribution is -0.102. The Bertz CT molecular complexity index is 489. The van der Waals surface area contributed by atoms with Crippen LogP contribution in [-0.4, -0.2) is 28.8 Å². The van der Waals surface area contributed by atoms with Gasteiger partial charge in [-0.25, -0.2) is 0 Å². The average Bonchev–Trinajstić information content (AvgIpc) is 2.88. The predicted molar refractivity (Wildman–Crippen MR) is 84.8 cm³/mol. The molecule has 3 atom stereocenters. The normalized spacial score (nSPS) is 31.6. The molecular formula is C15H18Cl2O2S. The Labute approximate surface area is 133 Å². The van der Waals surface area contributed by atoms with Crippen LogP contribution in [0.5, 0.6) is 0 Å². The van der Waals surface area contributed by atoms with Crippen molar-refractivity contribution in [3.8, 4) is 0 Å². The van der Waals surface area contributed by atoms with Crippen LogP contribution >= 0.6 is 35.0 Å². The molecule has 1 aromatic carbocycles. The largest absolute Gasteiger partial charge is 0.388 e. The van der Waals surface area contributed by atoms with Crippen LogP contribution in [0.2, 0.25) is 10.0 Å². The summed E-state index contributed by atoms with van der Waals surface area (Å²) in [4.78, 5) is 0. The third kappa shape index (κ3) is 2.97. The van der Waals surface area contributed by atoms with E-state index in [1.54, 1.807) is 18.2 Å². The summed E-state index contributed by atoms with van der Waals surface area (Å²) in [5, 5.41) is 11.9. The third-order valence-corrected chi connectivity index (χ3v) is 6.12. The van der Waals surface area contributed by atoms with Crippen LogP contribution < -0.4 is 0 Å². The predicted octanol–water partition coefficient (Wildman–Crippen LogP) is 4.33. The summed E-state index contributed by atoms with van der Waals surface area (Å²) < 4.78 is 6.01. The summed E-state index contributed by atoms with van der Waals surface area (Å²) in [5.74, 6) is 2.39. The number of aliphatic hydroxyl groups excluding tert-OH is 1. The second kappa shape index (κ2) is 6.05. The standard InChI is InChI=1S/C15H18Cl2O2S/c16-11-1-2-13(17)12(7-11)14(18)10-3-5-19-15(8-10)4-6-20-9-15/h1-2,7,10,14,18H,3-6,8-9H2. The minimum Gasteiger partial charge on any atom is -0.388 e. The van der Waals surface area contributed by atoms with E-state index in [4.69, 9.17) is 27.9 Å². The molecule has 2 aliphatic rings. The van der Waals surface area contributed by atoms with Crippen molar-refractivity contribution in [1.29, 1.82) is 0 Å². The maximum absolute atomic E-state index is 10.7. The second-order valence-electron chi connectivity index (χ2n) is 5.70. The topological polar surface area (TPSA) is 29.5 Å². The lowest BCUT2D eigenvalue weighted by atomic mass is 9.80. The van der Waals surface area contributed by atoms with Crippen LogP contribution in [0.25, 0.3) is 0 Å². The molecule has 0 radical (unpaired) electrons. The van der Waals surface area contributed by atoms with Crippen LogP contribution in [0, 0.1) is 5.92 Å². The summed E-state index contributed by atoms with van der Waals surface area (Å²) in [6.07, 6.45) is 2.30.